The maximum absolute atomic E-state index is 12.6. The number of aromatic carboxylic acids is 2. The van der Waals surface area contributed by atoms with Gasteiger partial charge in [-0.1, -0.05) is 13.3 Å². The molecule has 0 spiro atoms. The molecule has 3 aromatic heterocycles. The van der Waals surface area contributed by atoms with E-state index in [1.54, 1.807) is 29.1 Å². The first-order valence-electron chi connectivity index (χ1n) is 8.91. The van der Waals surface area contributed by atoms with Crippen LogP contribution in [0.3, 0.4) is 0 Å². The number of hydrogen-bond donors (Lipinski definition) is 0. The van der Waals surface area contributed by atoms with Gasteiger partial charge >= 0.3 is 59.1 Å². The minimum atomic E-state index is -1.61. The zero-order chi connectivity index (χ0) is 20.7. The molecule has 31 heavy (non-hydrogen) atoms. The SMILES string of the molecule is CCCc1c2nc(C(=O)[O-])cc(-n3cccc3)c2cc2c(=O)cc(C(=O)[O-])oc12.[Na+].[Na+]. The van der Waals surface area contributed by atoms with Crippen molar-refractivity contribution in [3.8, 4) is 5.69 Å². The topological polar surface area (TPSA) is 128 Å². The number of carboxylic acids is 2. The number of fused-ring (bicyclic) bond motifs is 2. The van der Waals surface area contributed by atoms with Crippen molar-refractivity contribution >= 4 is 33.8 Å². The first-order chi connectivity index (χ1) is 13.9. The number of nitrogens with zero attached hydrogens (tertiary/aromatic N) is 2. The minimum absolute atomic E-state index is 0. The molecule has 10 heteroatoms. The number of pyridine rings is 1. The molecular formula is C21H14N2Na2O6. The molecule has 0 amide bonds. The van der Waals surface area contributed by atoms with Gasteiger partial charge in [-0.05, 0) is 30.7 Å². The third-order valence-electron chi connectivity index (χ3n) is 4.66. The molecule has 1 aromatic carbocycles. The van der Waals surface area contributed by atoms with E-state index >= 15 is 0 Å². The van der Waals surface area contributed by atoms with Gasteiger partial charge in [-0.2, -0.15) is 0 Å². The average molecular weight is 436 g/mol. The quantitative estimate of drug-likeness (QED) is 0.226. The summed E-state index contributed by atoms with van der Waals surface area (Å²) in [6, 6.07) is 7.34. The molecule has 3 heterocycles. The van der Waals surface area contributed by atoms with Gasteiger partial charge in [0.05, 0.1) is 28.3 Å². The second-order valence-electron chi connectivity index (χ2n) is 6.54. The summed E-state index contributed by atoms with van der Waals surface area (Å²) in [6.45, 7) is 1.89. The number of carboxylic acid groups (broad SMARTS) is 2. The summed E-state index contributed by atoms with van der Waals surface area (Å²) >= 11 is 0. The van der Waals surface area contributed by atoms with Crippen molar-refractivity contribution in [2.45, 2.75) is 19.8 Å². The summed E-state index contributed by atoms with van der Waals surface area (Å²) in [7, 11) is 0. The van der Waals surface area contributed by atoms with Crippen LogP contribution in [0.2, 0.25) is 0 Å². The van der Waals surface area contributed by atoms with Gasteiger partial charge in [0.25, 0.3) is 0 Å². The molecule has 0 unspecified atom stereocenters. The number of hydrogen-bond acceptors (Lipinski definition) is 7. The van der Waals surface area contributed by atoms with Crippen LogP contribution < -0.4 is 74.8 Å². The predicted octanol–water partition coefficient (Wildman–Crippen LogP) is -5.18. The van der Waals surface area contributed by atoms with Gasteiger partial charge in [-0.3, -0.25) is 4.79 Å². The average Bonchev–Trinajstić information content (AvgIpc) is 3.22. The summed E-state index contributed by atoms with van der Waals surface area (Å²) in [4.78, 5) is 39.6. The normalized spacial score (nSPS) is 10.5. The summed E-state index contributed by atoms with van der Waals surface area (Å²) < 4.78 is 7.16. The smallest absolute Gasteiger partial charge is 0.543 e. The molecular weight excluding hydrogens is 422 g/mol. The molecule has 0 fully saturated rings. The number of benzene rings is 1. The maximum Gasteiger partial charge on any atom is 1.00 e. The molecule has 0 aliphatic rings. The number of carbonyl (C=O) groups excluding carboxylic acids is 2. The Kier molecular flexibility index (Phi) is 8.27. The van der Waals surface area contributed by atoms with Gasteiger partial charge < -0.3 is 28.8 Å². The maximum atomic E-state index is 12.6. The van der Waals surface area contributed by atoms with Crippen LogP contribution in [0.25, 0.3) is 27.6 Å². The van der Waals surface area contributed by atoms with Crippen molar-refractivity contribution in [2.24, 2.45) is 0 Å². The van der Waals surface area contributed by atoms with Crippen molar-refractivity contribution in [2.75, 3.05) is 0 Å². The van der Waals surface area contributed by atoms with E-state index in [1.165, 1.54) is 12.1 Å². The van der Waals surface area contributed by atoms with Crippen LogP contribution in [0.15, 0.2) is 51.9 Å². The molecule has 4 aromatic rings. The zero-order valence-electron chi connectivity index (χ0n) is 17.3. The van der Waals surface area contributed by atoms with E-state index in [0.717, 1.165) is 6.07 Å². The summed E-state index contributed by atoms with van der Waals surface area (Å²) in [5.41, 5.74) is 0.512. The fourth-order valence-corrected chi connectivity index (χ4v) is 3.43. The Morgan fingerprint density at radius 2 is 1.71 bits per heavy atom. The van der Waals surface area contributed by atoms with Crippen molar-refractivity contribution in [3.05, 3.63) is 70.0 Å². The van der Waals surface area contributed by atoms with Crippen molar-refractivity contribution in [1.29, 1.82) is 0 Å². The molecule has 146 valence electrons. The summed E-state index contributed by atoms with van der Waals surface area (Å²) in [5.74, 6) is -3.66. The van der Waals surface area contributed by atoms with E-state index in [1.807, 2.05) is 6.92 Å². The Bertz CT molecular complexity index is 1350. The number of aromatic nitrogens is 2. The molecule has 8 nitrogen and oxygen atoms in total. The molecule has 0 aliphatic heterocycles. The number of aryl methyl sites for hydroxylation is 1. The van der Waals surface area contributed by atoms with Crippen LogP contribution in [0.1, 0.15) is 40.0 Å². The van der Waals surface area contributed by atoms with Gasteiger partial charge in [0.1, 0.15) is 11.6 Å². The molecule has 0 atom stereocenters. The first kappa shape index (κ1) is 25.3. The Balaban J connectivity index is 0.00000171. The largest absolute Gasteiger partial charge is 1.00 e. The monoisotopic (exact) mass is 436 g/mol. The predicted molar refractivity (Wildman–Crippen MR) is 99.8 cm³/mol. The molecule has 4 rings (SSSR count). The third-order valence-corrected chi connectivity index (χ3v) is 4.66. The molecule has 0 N–H and O–H groups in total. The Morgan fingerprint density at radius 1 is 1.03 bits per heavy atom. The van der Waals surface area contributed by atoms with Crippen molar-refractivity contribution in [1.82, 2.24) is 9.55 Å². The third kappa shape index (κ3) is 4.64. The molecule has 0 radical (unpaired) electrons. The van der Waals surface area contributed by atoms with Crippen LogP contribution in [-0.2, 0) is 6.42 Å². The van der Waals surface area contributed by atoms with Crippen LogP contribution >= 0.6 is 0 Å². The molecule has 0 saturated heterocycles. The van der Waals surface area contributed by atoms with E-state index in [2.05, 4.69) is 4.98 Å². The van der Waals surface area contributed by atoms with E-state index in [4.69, 9.17) is 4.42 Å². The second kappa shape index (κ2) is 10.1. The van der Waals surface area contributed by atoms with Crippen LogP contribution in [0, 0.1) is 0 Å². The van der Waals surface area contributed by atoms with E-state index < -0.39 is 23.1 Å². The standard InChI is InChI=1S/C21H16N2O6.2Na/c1-2-5-11-18-12(8-13-16(24)10-17(21(27)28)29-19(11)13)15(23-6-3-4-7-23)9-14(22-18)20(25)26;;/h3-4,6-10H,2,5H2,1H3,(H,25,26)(H,27,28);;/q;2*+1/p-2. The molecule has 0 saturated carbocycles. The van der Waals surface area contributed by atoms with E-state index in [9.17, 15) is 24.6 Å². The molecule has 0 bridgehead atoms. The summed E-state index contributed by atoms with van der Waals surface area (Å²) in [6.07, 6.45) is 4.49. The molecule has 0 aliphatic carbocycles. The van der Waals surface area contributed by atoms with Gasteiger partial charge in [-0.25, -0.2) is 4.98 Å². The number of carbonyl (C=O) groups is 2. The minimum Gasteiger partial charge on any atom is -0.543 e. The van der Waals surface area contributed by atoms with Crippen molar-refractivity contribution < 1.29 is 83.3 Å². The van der Waals surface area contributed by atoms with Gasteiger partial charge in [0.2, 0.25) is 0 Å². The van der Waals surface area contributed by atoms with E-state index in [-0.39, 0.29) is 75.8 Å². The van der Waals surface area contributed by atoms with Gasteiger partial charge in [-0.15, -0.1) is 0 Å². The van der Waals surface area contributed by atoms with E-state index in [0.29, 0.717) is 35.0 Å². The fourth-order valence-electron chi connectivity index (χ4n) is 3.43. The zero-order valence-corrected chi connectivity index (χ0v) is 21.3. The van der Waals surface area contributed by atoms with Crippen LogP contribution in [0.5, 0.6) is 0 Å². The van der Waals surface area contributed by atoms with Gasteiger partial charge in [0, 0.05) is 29.4 Å². The number of rotatable bonds is 5. The Labute approximate surface area is 220 Å². The Morgan fingerprint density at radius 3 is 2.29 bits per heavy atom. The first-order valence-corrected chi connectivity index (χ1v) is 8.91. The van der Waals surface area contributed by atoms with Crippen LogP contribution in [0.4, 0.5) is 0 Å². The second-order valence-corrected chi connectivity index (χ2v) is 6.54. The Hall–Kier alpha value is -1.94. The van der Waals surface area contributed by atoms with Crippen LogP contribution in [-0.4, -0.2) is 21.5 Å². The van der Waals surface area contributed by atoms with Crippen molar-refractivity contribution in [3.63, 3.8) is 0 Å². The fraction of sp³-hybridized carbons (Fsp3) is 0.143. The summed E-state index contributed by atoms with van der Waals surface area (Å²) in [5, 5.41) is 23.5. The van der Waals surface area contributed by atoms with Gasteiger partial charge in [0.15, 0.2) is 11.2 Å².